The number of hydrogen-bond acceptors (Lipinski definition) is 5. The van der Waals surface area contributed by atoms with Crippen LogP contribution in [0.2, 0.25) is 0 Å². The number of hydrogen-bond donors (Lipinski definition) is 0. The molecule has 0 N–H and O–H groups in total. The first-order valence-corrected chi connectivity index (χ1v) is 11.4. The first kappa shape index (κ1) is 18.5. The molecule has 2 fully saturated rings. The Hall–Kier alpha value is -2.49. The molecule has 0 bridgehead atoms. The van der Waals surface area contributed by atoms with E-state index >= 15 is 0 Å². The number of piperidine rings is 2. The van der Waals surface area contributed by atoms with Gasteiger partial charge in [0.15, 0.2) is 10.8 Å². The topological polar surface area (TPSA) is 36.6 Å². The summed E-state index contributed by atoms with van der Waals surface area (Å²) >= 11 is 1.70. The Balaban J connectivity index is 1.30. The molecule has 5 rings (SSSR count). The minimum atomic E-state index is 0.655. The van der Waals surface area contributed by atoms with Gasteiger partial charge in [-0.25, -0.2) is 14.8 Å². The fourth-order valence-electron chi connectivity index (χ4n) is 4.51. The normalized spacial score (nSPS) is 18.8. The smallest absolute Gasteiger partial charge is 0.187 e. The molecular formula is C23H25N5S. The summed E-state index contributed by atoms with van der Waals surface area (Å²) in [6, 6.07) is 12.5. The molecule has 2 aromatic heterocycles. The molecule has 0 aliphatic carbocycles. The number of benzene rings is 1. The number of thiazole rings is 1. The molecule has 0 atom stereocenters. The largest absolute Gasteiger partial charge is 0.348 e. The zero-order chi connectivity index (χ0) is 19.6. The van der Waals surface area contributed by atoms with E-state index in [1.165, 1.54) is 45.2 Å². The molecule has 148 valence electrons. The van der Waals surface area contributed by atoms with Crippen LogP contribution in [0.1, 0.15) is 32.1 Å². The minimum absolute atomic E-state index is 0.655. The van der Waals surface area contributed by atoms with Gasteiger partial charge in [0.2, 0.25) is 0 Å². The minimum Gasteiger partial charge on any atom is -0.348 e. The molecule has 2 saturated heterocycles. The Labute approximate surface area is 175 Å². The van der Waals surface area contributed by atoms with E-state index in [1.54, 1.807) is 11.3 Å². The standard InChI is InChI=1S/C23H25N5S/c1-24-18-7-5-17(6-8-18)20-9-10-21-22(25-20)29-23(26-21)28-15-11-19(12-16-28)27-13-3-2-4-14-27/h5-10,19H,2-4,11-16H2. The maximum atomic E-state index is 7.09. The number of nitrogens with zero attached hydrogens (tertiary/aromatic N) is 5. The Kier molecular flexibility index (Phi) is 5.17. The maximum Gasteiger partial charge on any atom is 0.187 e. The van der Waals surface area contributed by atoms with Crippen molar-refractivity contribution in [3.05, 3.63) is 47.8 Å². The monoisotopic (exact) mass is 403 g/mol. The highest BCUT2D eigenvalue weighted by Gasteiger charge is 2.27. The quantitative estimate of drug-likeness (QED) is 0.551. The predicted molar refractivity (Wildman–Crippen MR) is 120 cm³/mol. The third-order valence-corrected chi connectivity index (χ3v) is 7.20. The summed E-state index contributed by atoms with van der Waals surface area (Å²) in [7, 11) is 0. The van der Waals surface area contributed by atoms with Crippen LogP contribution in [0.5, 0.6) is 0 Å². The van der Waals surface area contributed by atoms with Crippen molar-refractivity contribution in [2.75, 3.05) is 31.1 Å². The van der Waals surface area contributed by atoms with Gasteiger partial charge in [0.05, 0.1) is 12.3 Å². The van der Waals surface area contributed by atoms with Gasteiger partial charge in [-0.15, -0.1) is 0 Å². The van der Waals surface area contributed by atoms with Crippen molar-refractivity contribution in [1.82, 2.24) is 14.9 Å². The first-order valence-electron chi connectivity index (χ1n) is 10.5. The highest BCUT2D eigenvalue weighted by molar-refractivity contribution is 7.21. The summed E-state index contributed by atoms with van der Waals surface area (Å²) in [5, 5.41) is 1.10. The second-order valence-electron chi connectivity index (χ2n) is 7.99. The average Bonchev–Trinajstić information content (AvgIpc) is 3.23. The molecule has 0 spiro atoms. The van der Waals surface area contributed by atoms with Gasteiger partial charge in [-0.05, 0) is 56.5 Å². The highest BCUT2D eigenvalue weighted by atomic mass is 32.1. The highest BCUT2D eigenvalue weighted by Crippen LogP contribution is 2.32. The van der Waals surface area contributed by atoms with Gasteiger partial charge in [-0.3, -0.25) is 0 Å². The van der Waals surface area contributed by atoms with Crippen LogP contribution in [0.4, 0.5) is 10.8 Å². The summed E-state index contributed by atoms with van der Waals surface area (Å²) < 4.78 is 0. The number of fused-ring (bicyclic) bond motifs is 1. The van der Waals surface area contributed by atoms with E-state index in [0.29, 0.717) is 5.69 Å². The molecule has 3 aromatic rings. The van der Waals surface area contributed by atoms with E-state index in [0.717, 1.165) is 45.9 Å². The van der Waals surface area contributed by atoms with Gasteiger partial charge in [0, 0.05) is 19.1 Å². The predicted octanol–water partition coefficient (Wildman–Crippen LogP) is 5.36. The van der Waals surface area contributed by atoms with Crippen molar-refractivity contribution in [1.29, 1.82) is 0 Å². The summed E-state index contributed by atoms with van der Waals surface area (Å²) in [6.45, 7) is 11.8. The SMILES string of the molecule is [C-]#[N+]c1ccc(-c2ccc3nc(N4CCC(N5CCCCC5)CC4)sc3n2)cc1. The Morgan fingerprint density at radius 2 is 1.66 bits per heavy atom. The second kappa shape index (κ2) is 8.10. The van der Waals surface area contributed by atoms with Crippen molar-refractivity contribution >= 4 is 32.5 Å². The molecule has 0 amide bonds. The van der Waals surface area contributed by atoms with E-state index in [9.17, 15) is 0 Å². The molecule has 2 aliphatic rings. The fourth-order valence-corrected chi connectivity index (χ4v) is 5.51. The van der Waals surface area contributed by atoms with Gasteiger partial charge >= 0.3 is 0 Å². The van der Waals surface area contributed by atoms with Gasteiger partial charge in [0.25, 0.3) is 0 Å². The van der Waals surface area contributed by atoms with Crippen molar-refractivity contribution < 1.29 is 0 Å². The molecular weight excluding hydrogens is 378 g/mol. The maximum absolute atomic E-state index is 7.09. The number of rotatable bonds is 3. The molecule has 6 heteroatoms. The lowest BCUT2D eigenvalue weighted by molar-refractivity contribution is 0.141. The summed E-state index contributed by atoms with van der Waals surface area (Å²) in [5.74, 6) is 0. The lowest BCUT2D eigenvalue weighted by atomic mass is 10.0. The average molecular weight is 404 g/mol. The number of aromatic nitrogens is 2. The Bertz CT molecular complexity index is 1020. The zero-order valence-corrected chi connectivity index (χ0v) is 17.4. The van der Waals surface area contributed by atoms with Crippen LogP contribution in [0.25, 0.3) is 26.4 Å². The summed E-state index contributed by atoms with van der Waals surface area (Å²) in [6.07, 6.45) is 6.61. The number of likely N-dealkylation sites (tertiary alicyclic amines) is 1. The van der Waals surface area contributed by atoms with Crippen LogP contribution in [-0.4, -0.2) is 47.1 Å². The molecule has 4 heterocycles. The van der Waals surface area contributed by atoms with E-state index < -0.39 is 0 Å². The third kappa shape index (κ3) is 3.85. The van der Waals surface area contributed by atoms with Crippen LogP contribution in [0, 0.1) is 6.57 Å². The van der Waals surface area contributed by atoms with Gasteiger partial charge in [-0.2, -0.15) is 0 Å². The summed E-state index contributed by atoms with van der Waals surface area (Å²) in [5.41, 5.74) is 3.61. The van der Waals surface area contributed by atoms with Crippen LogP contribution in [-0.2, 0) is 0 Å². The molecule has 0 unspecified atom stereocenters. The van der Waals surface area contributed by atoms with E-state index in [2.05, 4.69) is 20.7 Å². The van der Waals surface area contributed by atoms with Gasteiger partial charge in [-0.1, -0.05) is 42.0 Å². The van der Waals surface area contributed by atoms with Crippen molar-refractivity contribution in [3.63, 3.8) is 0 Å². The van der Waals surface area contributed by atoms with Crippen LogP contribution < -0.4 is 4.90 Å². The molecule has 5 nitrogen and oxygen atoms in total. The van der Waals surface area contributed by atoms with Crippen LogP contribution in [0.15, 0.2) is 36.4 Å². The Morgan fingerprint density at radius 3 is 2.38 bits per heavy atom. The lowest BCUT2D eigenvalue weighted by Crippen LogP contribution is -2.46. The molecule has 29 heavy (non-hydrogen) atoms. The second-order valence-corrected chi connectivity index (χ2v) is 8.95. The molecule has 2 aliphatic heterocycles. The van der Waals surface area contributed by atoms with E-state index in [4.69, 9.17) is 16.5 Å². The van der Waals surface area contributed by atoms with Crippen LogP contribution in [0.3, 0.4) is 0 Å². The van der Waals surface area contributed by atoms with Crippen molar-refractivity contribution in [2.24, 2.45) is 0 Å². The number of pyridine rings is 1. The third-order valence-electron chi connectivity index (χ3n) is 6.18. The summed E-state index contributed by atoms with van der Waals surface area (Å²) in [4.78, 5) is 19.3. The lowest BCUT2D eigenvalue weighted by Gasteiger charge is -2.40. The van der Waals surface area contributed by atoms with Gasteiger partial charge < -0.3 is 9.80 Å². The molecule has 0 radical (unpaired) electrons. The molecule has 0 saturated carbocycles. The fraction of sp³-hybridized carbons (Fsp3) is 0.435. The van der Waals surface area contributed by atoms with Crippen molar-refractivity contribution in [2.45, 2.75) is 38.1 Å². The Morgan fingerprint density at radius 1 is 0.897 bits per heavy atom. The van der Waals surface area contributed by atoms with E-state index in [-0.39, 0.29) is 0 Å². The zero-order valence-electron chi connectivity index (χ0n) is 16.5. The molecule has 1 aromatic carbocycles. The van der Waals surface area contributed by atoms with Crippen molar-refractivity contribution in [3.8, 4) is 11.3 Å². The number of anilines is 1. The van der Waals surface area contributed by atoms with Gasteiger partial charge in [0.1, 0.15) is 10.3 Å². The van der Waals surface area contributed by atoms with Crippen LogP contribution >= 0.6 is 11.3 Å². The van der Waals surface area contributed by atoms with E-state index in [1.807, 2.05) is 30.3 Å². The first-order chi connectivity index (χ1) is 14.3.